The molecule has 34 heavy (non-hydrogen) atoms. The molecule has 0 saturated heterocycles. The Morgan fingerprint density at radius 3 is 2.56 bits per heavy atom. The summed E-state index contributed by atoms with van der Waals surface area (Å²) in [6, 6.07) is 7.09. The summed E-state index contributed by atoms with van der Waals surface area (Å²) in [6.07, 6.45) is 4.04. The molecule has 1 heterocycles. The van der Waals surface area contributed by atoms with Gasteiger partial charge in [-0.25, -0.2) is 4.79 Å². The summed E-state index contributed by atoms with van der Waals surface area (Å²) in [4.78, 5) is 54.5. The Balaban J connectivity index is 1.85. The van der Waals surface area contributed by atoms with Gasteiger partial charge in [-0.1, -0.05) is 50.4 Å². The number of aromatic amines is 1. The normalized spacial score (nSPS) is 14.3. The molecule has 2 aromatic rings. The standard InChI is InChI=1S/C24H31ClN4O5/c1-3-5-13-28(19-20(26)29(12-4-2)23(33)27-21(19)31)18(30)15-34-22(32)24(10-7-11-24)16-8-6-9-17(25)14-16/h6,8-9,14H,3-5,7,10-13,15,26H2,1-2H3,(H,27,31,33). The van der Waals surface area contributed by atoms with E-state index in [-0.39, 0.29) is 18.1 Å². The number of anilines is 2. The number of halogens is 1. The van der Waals surface area contributed by atoms with Gasteiger partial charge >= 0.3 is 11.7 Å². The first-order valence-electron chi connectivity index (χ1n) is 11.6. The third kappa shape index (κ3) is 5.04. The number of carbonyl (C=O) groups excluding carboxylic acids is 2. The van der Waals surface area contributed by atoms with Crippen LogP contribution in [0.2, 0.25) is 5.02 Å². The van der Waals surface area contributed by atoms with Crippen molar-refractivity contribution in [2.75, 3.05) is 23.8 Å². The Morgan fingerprint density at radius 1 is 1.24 bits per heavy atom. The van der Waals surface area contributed by atoms with Gasteiger partial charge in [-0.15, -0.1) is 0 Å². The van der Waals surface area contributed by atoms with Crippen LogP contribution >= 0.6 is 11.6 Å². The Bertz CT molecular complexity index is 1170. The van der Waals surface area contributed by atoms with Crippen molar-refractivity contribution in [3.63, 3.8) is 0 Å². The van der Waals surface area contributed by atoms with E-state index >= 15 is 0 Å². The fourth-order valence-corrected chi connectivity index (χ4v) is 4.42. The first kappa shape index (κ1) is 25.6. The summed E-state index contributed by atoms with van der Waals surface area (Å²) in [5, 5.41) is 0.523. The van der Waals surface area contributed by atoms with E-state index in [0.717, 1.165) is 18.4 Å². The summed E-state index contributed by atoms with van der Waals surface area (Å²) in [7, 11) is 0. The number of nitrogens with one attached hydrogen (secondary N) is 1. The van der Waals surface area contributed by atoms with Crippen molar-refractivity contribution in [1.82, 2.24) is 9.55 Å². The maximum atomic E-state index is 13.2. The van der Waals surface area contributed by atoms with Crippen LogP contribution in [0.4, 0.5) is 11.5 Å². The van der Waals surface area contributed by atoms with Crippen molar-refractivity contribution in [2.24, 2.45) is 0 Å². The van der Waals surface area contributed by atoms with Gasteiger partial charge in [0, 0.05) is 18.1 Å². The van der Waals surface area contributed by atoms with Gasteiger partial charge in [0.05, 0.1) is 5.41 Å². The van der Waals surface area contributed by atoms with E-state index in [1.807, 2.05) is 19.9 Å². The lowest BCUT2D eigenvalue weighted by molar-refractivity contribution is -0.157. The molecule has 0 aliphatic heterocycles. The van der Waals surface area contributed by atoms with Crippen molar-refractivity contribution in [1.29, 1.82) is 0 Å². The lowest BCUT2D eigenvalue weighted by Crippen LogP contribution is -2.46. The number of carbonyl (C=O) groups is 2. The van der Waals surface area contributed by atoms with Crippen LogP contribution in [0.1, 0.15) is 57.9 Å². The minimum atomic E-state index is -0.829. The van der Waals surface area contributed by atoms with Crippen LogP contribution in [0.5, 0.6) is 0 Å². The van der Waals surface area contributed by atoms with E-state index in [0.29, 0.717) is 37.3 Å². The Hall–Kier alpha value is -3.07. The highest BCUT2D eigenvalue weighted by molar-refractivity contribution is 6.30. The number of unbranched alkanes of at least 4 members (excludes halogenated alkanes) is 1. The van der Waals surface area contributed by atoms with Crippen molar-refractivity contribution < 1.29 is 14.3 Å². The second kappa shape index (κ2) is 10.9. The molecule has 0 bridgehead atoms. The monoisotopic (exact) mass is 490 g/mol. The average molecular weight is 491 g/mol. The van der Waals surface area contributed by atoms with Crippen LogP contribution in [-0.4, -0.2) is 34.6 Å². The zero-order valence-corrected chi connectivity index (χ0v) is 20.3. The molecule has 1 aliphatic carbocycles. The number of ether oxygens (including phenoxy) is 1. The number of aromatic nitrogens is 2. The van der Waals surface area contributed by atoms with Crippen molar-refractivity contribution in [3.8, 4) is 0 Å². The zero-order valence-electron chi connectivity index (χ0n) is 19.6. The molecule has 1 aliphatic rings. The fourth-order valence-electron chi connectivity index (χ4n) is 4.23. The third-order valence-corrected chi connectivity index (χ3v) is 6.50. The highest BCUT2D eigenvalue weighted by Gasteiger charge is 2.47. The number of rotatable bonds is 10. The Labute approximate surface area is 202 Å². The number of esters is 1. The maximum absolute atomic E-state index is 13.2. The van der Waals surface area contributed by atoms with Crippen LogP contribution in [0.3, 0.4) is 0 Å². The van der Waals surface area contributed by atoms with Crippen LogP contribution in [0, 0.1) is 0 Å². The first-order chi connectivity index (χ1) is 16.2. The number of nitrogens with two attached hydrogens (primary N) is 1. The predicted molar refractivity (Wildman–Crippen MR) is 131 cm³/mol. The molecule has 1 aromatic carbocycles. The Morgan fingerprint density at radius 2 is 1.97 bits per heavy atom. The largest absolute Gasteiger partial charge is 0.455 e. The Kier molecular flexibility index (Phi) is 8.19. The first-order valence-corrected chi connectivity index (χ1v) is 12.0. The average Bonchev–Trinajstić information content (AvgIpc) is 2.76. The fraction of sp³-hybridized carbons (Fsp3) is 0.500. The summed E-state index contributed by atoms with van der Waals surface area (Å²) in [5.74, 6) is -1.16. The van der Waals surface area contributed by atoms with E-state index in [2.05, 4.69) is 4.98 Å². The van der Waals surface area contributed by atoms with Gasteiger partial charge in [-0.05, 0) is 43.4 Å². The van der Waals surface area contributed by atoms with Crippen molar-refractivity contribution in [2.45, 2.75) is 64.3 Å². The summed E-state index contributed by atoms with van der Waals surface area (Å²) < 4.78 is 6.71. The van der Waals surface area contributed by atoms with Gasteiger partial charge < -0.3 is 15.4 Å². The van der Waals surface area contributed by atoms with E-state index in [9.17, 15) is 19.2 Å². The van der Waals surface area contributed by atoms with Crippen LogP contribution in [-0.2, 0) is 26.3 Å². The molecule has 1 aromatic heterocycles. The maximum Gasteiger partial charge on any atom is 0.330 e. The van der Waals surface area contributed by atoms with Crippen LogP contribution in [0.15, 0.2) is 33.9 Å². The minimum absolute atomic E-state index is 0.0826. The van der Waals surface area contributed by atoms with Crippen LogP contribution < -0.4 is 21.9 Å². The highest BCUT2D eigenvalue weighted by Crippen LogP contribution is 2.45. The van der Waals surface area contributed by atoms with Gasteiger partial charge in [0.1, 0.15) is 5.82 Å². The molecule has 1 saturated carbocycles. The van der Waals surface area contributed by atoms with Crippen LogP contribution in [0.25, 0.3) is 0 Å². The zero-order chi connectivity index (χ0) is 24.9. The molecule has 0 atom stereocenters. The summed E-state index contributed by atoms with van der Waals surface area (Å²) in [6.45, 7) is 3.76. The molecule has 0 radical (unpaired) electrons. The molecule has 0 unspecified atom stereocenters. The third-order valence-electron chi connectivity index (χ3n) is 6.27. The minimum Gasteiger partial charge on any atom is -0.455 e. The molecule has 184 valence electrons. The van der Waals surface area contributed by atoms with Gasteiger partial charge in [0.25, 0.3) is 11.5 Å². The molecule has 9 nitrogen and oxygen atoms in total. The van der Waals surface area contributed by atoms with Crippen molar-refractivity contribution in [3.05, 3.63) is 55.7 Å². The molecular weight excluding hydrogens is 460 g/mol. The lowest BCUT2D eigenvalue weighted by Gasteiger charge is -2.39. The van der Waals surface area contributed by atoms with E-state index in [4.69, 9.17) is 22.1 Å². The second-order valence-electron chi connectivity index (χ2n) is 8.57. The van der Waals surface area contributed by atoms with E-state index in [1.54, 1.807) is 18.2 Å². The number of benzene rings is 1. The smallest absolute Gasteiger partial charge is 0.330 e. The number of H-pyrrole nitrogens is 1. The summed E-state index contributed by atoms with van der Waals surface area (Å²) in [5.41, 5.74) is 4.61. The molecule has 10 heteroatoms. The predicted octanol–water partition coefficient (Wildman–Crippen LogP) is 2.98. The quantitative estimate of drug-likeness (QED) is 0.493. The SMILES string of the molecule is CCCCN(C(=O)COC(=O)C1(c2cccc(Cl)c2)CCC1)c1c(N)n(CCC)c(=O)[nH]c1=O. The molecule has 3 rings (SSSR count). The second-order valence-corrected chi connectivity index (χ2v) is 9.00. The summed E-state index contributed by atoms with van der Waals surface area (Å²) >= 11 is 6.12. The molecular formula is C24H31ClN4O5. The van der Waals surface area contributed by atoms with Gasteiger partial charge in [0.2, 0.25) is 0 Å². The number of nitrogen functional groups attached to an aromatic ring is 1. The van der Waals surface area contributed by atoms with Gasteiger partial charge in [0.15, 0.2) is 12.3 Å². The van der Waals surface area contributed by atoms with Crippen molar-refractivity contribution >= 4 is 35.0 Å². The molecule has 1 amide bonds. The number of hydrogen-bond donors (Lipinski definition) is 2. The molecule has 3 N–H and O–H groups in total. The topological polar surface area (TPSA) is 127 Å². The van der Waals surface area contributed by atoms with Gasteiger partial charge in [-0.3, -0.25) is 23.9 Å². The molecule has 0 spiro atoms. The lowest BCUT2D eigenvalue weighted by atomic mass is 9.64. The number of amides is 1. The number of nitrogens with zero attached hydrogens (tertiary/aromatic N) is 2. The van der Waals surface area contributed by atoms with E-state index < -0.39 is 35.1 Å². The van der Waals surface area contributed by atoms with Gasteiger partial charge in [-0.2, -0.15) is 0 Å². The van der Waals surface area contributed by atoms with E-state index in [1.165, 1.54) is 9.47 Å². The molecule has 1 fully saturated rings. The number of hydrogen-bond acceptors (Lipinski definition) is 6. The highest BCUT2D eigenvalue weighted by atomic mass is 35.5.